The minimum absolute atomic E-state index is 0.415. The molecule has 0 aliphatic rings. The van der Waals surface area contributed by atoms with E-state index in [2.05, 4.69) is 49.5 Å². The van der Waals surface area contributed by atoms with Crippen molar-refractivity contribution >= 4 is 31.4 Å². The first kappa shape index (κ1) is 10.9. The smallest absolute Gasteiger partial charge is 0.0364 e. The van der Waals surface area contributed by atoms with Crippen molar-refractivity contribution in [3.05, 3.63) is 0 Å². The Labute approximate surface area is 80.5 Å². The fourth-order valence-corrected chi connectivity index (χ4v) is 1.97. The third kappa shape index (κ3) is 3.96. The van der Waals surface area contributed by atoms with Crippen LogP contribution in [0.2, 0.25) is 18.1 Å². The number of rotatable bonds is 4. The average Bonchev–Trinajstić information content (AvgIpc) is 1.84. The quantitative estimate of drug-likeness (QED) is 0.417. The molecular formula is C8H19ISi. The molecule has 0 atom stereocenters. The molecule has 0 N–H and O–H groups in total. The van der Waals surface area contributed by atoms with Gasteiger partial charge in [0.15, 0.2) is 0 Å². The van der Waals surface area contributed by atoms with Crippen LogP contribution in [0, 0.1) is 0 Å². The van der Waals surface area contributed by atoms with Crippen molar-refractivity contribution in [1.29, 1.82) is 0 Å². The van der Waals surface area contributed by atoms with E-state index in [-0.39, 0.29) is 0 Å². The first-order chi connectivity index (χ1) is 4.50. The van der Waals surface area contributed by atoms with Gasteiger partial charge < -0.3 is 0 Å². The molecule has 62 valence electrons. The summed E-state index contributed by atoms with van der Waals surface area (Å²) in [6.07, 6.45) is 2.83. The first-order valence-corrected chi connectivity index (χ1v) is 8.48. The summed E-state index contributed by atoms with van der Waals surface area (Å²) in [5.41, 5.74) is 0. The van der Waals surface area contributed by atoms with Gasteiger partial charge in [-0.25, -0.2) is 0 Å². The van der Waals surface area contributed by atoms with Crippen molar-refractivity contribution < 1.29 is 0 Å². The maximum atomic E-state index is 2.47. The predicted octanol–water partition coefficient (Wildman–Crippen LogP) is 3.47. The standard InChI is InChI=1S/C8H19ISi/c1-8(2,10(3)4)6-5-7-9/h10H,5-7H2,1-4H3. The minimum Gasteiger partial charge on any atom is -0.0864 e. The van der Waals surface area contributed by atoms with Gasteiger partial charge in [-0.05, 0) is 15.9 Å². The fraction of sp³-hybridized carbons (Fsp3) is 1.00. The Morgan fingerprint density at radius 2 is 1.80 bits per heavy atom. The van der Waals surface area contributed by atoms with Crippen molar-refractivity contribution in [2.45, 2.75) is 44.8 Å². The molecule has 0 radical (unpaired) electrons. The molecule has 0 heterocycles. The molecule has 0 aromatic heterocycles. The Bertz CT molecular complexity index is 89.3. The van der Waals surface area contributed by atoms with Crippen LogP contribution in [-0.4, -0.2) is 13.2 Å². The van der Waals surface area contributed by atoms with Gasteiger partial charge in [0.2, 0.25) is 0 Å². The van der Waals surface area contributed by atoms with Gasteiger partial charge in [0.25, 0.3) is 0 Å². The largest absolute Gasteiger partial charge is 0.0864 e. The Kier molecular flexibility index (Phi) is 5.20. The van der Waals surface area contributed by atoms with Crippen LogP contribution in [0.4, 0.5) is 0 Å². The molecule has 0 fully saturated rings. The van der Waals surface area contributed by atoms with E-state index in [1.807, 2.05) is 0 Å². The van der Waals surface area contributed by atoms with Gasteiger partial charge in [-0.3, -0.25) is 0 Å². The molecule has 0 bridgehead atoms. The van der Waals surface area contributed by atoms with E-state index < -0.39 is 8.80 Å². The summed E-state index contributed by atoms with van der Waals surface area (Å²) in [5, 5.41) is 0.686. The van der Waals surface area contributed by atoms with Gasteiger partial charge in [0, 0.05) is 8.80 Å². The van der Waals surface area contributed by atoms with Crippen LogP contribution in [-0.2, 0) is 0 Å². The monoisotopic (exact) mass is 270 g/mol. The molecule has 0 saturated carbocycles. The highest BCUT2D eigenvalue weighted by Crippen LogP contribution is 2.33. The molecule has 0 spiro atoms. The lowest BCUT2D eigenvalue weighted by molar-refractivity contribution is 0.590. The van der Waals surface area contributed by atoms with Gasteiger partial charge >= 0.3 is 0 Å². The highest BCUT2D eigenvalue weighted by molar-refractivity contribution is 14.1. The van der Waals surface area contributed by atoms with E-state index in [0.29, 0.717) is 5.04 Å². The number of hydrogen-bond acceptors (Lipinski definition) is 0. The number of halogens is 1. The van der Waals surface area contributed by atoms with Gasteiger partial charge in [0.05, 0.1) is 0 Å². The SMILES string of the molecule is C[SiH](C)C(C)(C)CCCI. The highest BCUT2D eigenvalue weighted by atomic mass is 127. The summed E-state index contributed by atoms with van der Waals surface area (Å²) >= 11 is 2.47. The lowest BCUT2D eigenvalue weighted by atomic mass is 10.1. The van der Waals surface area contributed by atoms with Crippen LogP contribution in [0.25, 0.3) is 0 Å². The third-order valence-corrected chi connectivity index (χ3v) is 6.70. The van der Waals surface area contributed by atoms with E-state index in [1.54, 1.807) is 0 Å². The van der Waals surface area contributed by atoms with Crippen molar-refractivity contribution in [1.82, 2.24) is 0 Å². The molecule has 0 rings (SSSR count). The molecular weight excluding hydrogens is 251 g/mol. The third-order valence-electron chi connectivity index (χ3n) is 2.52. The van der Waals surface area contributed by atoms with Crippen LogP contribution in [0.15, 0.2) is 0 Å². The van der Waals surface area contributed by atoms with E-state index in [4.69, 9.17) is 0 Å². The molecule has 0 saturated heterocycles. The van der Waals surface area contributed by atoms with E-state index in [9.17, 15) is 0 Å². The summed E-state index contributed by atoms with van der Waals surface area (Å²) in [5.74, 6) is 0. The van der Waals surface area contributed by atoms with Crippen LogP contribution >= 0.6 is 22.6 Å². The second kappa shape index (κ2) is 4.75. The number of alkyl halides is 1. The second-order valence-electron chi connectivity index (χ2n) is 3.94. The van der Waals surface area contributed by atoms with Crippen LogP contribution in [0.1, 0.15) is 26.7 Å². The van der Waals surface area contributed by atoms with Crippen LogP contribution in [0.5, 0.6) is 0 Å². The minimum atomic E-state index is -0.415. The van der Waals surface area contributed by atoms with Crippen molar-refractivity contribution in [2.24, 2.45) is 0 Å². The van der Waals surface area contributed by atoms with Crippen LogP contribution < -0.4 is 0 Å². The Hall–Kier alpha value is 0.947. The van der Waals surface area contributed by atoms with E-state index in [0.717, 1.165) is 0 Å². The Balaban J connectivity index is 3.63. The molecule has 10 heavy (non-hydrogen) atoms. The molecule has 0 unspecified atom stereocenters. The Morgan fingerprint density at radius 1 is 1.30 bits per heavy atom. The summed E-state index contributed by atoms with van der Waals surface area (Å²) in [6.45, 7) is 9.76. The molecule has 0 nitrogen and oxygen atoms in total. The van der Waals surface area contributed by atoms with E-state index >= 15 is 0 Å². The van der Waals surface area contributed by atoms with Gasteiger partial charge in [0.1, 0.15) is 0 Å². The fourth-order valence-electron chi connectivity index (χ4n) is 0.811. The van der Waals surface area contributed by atoms with Crippen molar-refractivity contribution in [2.75, 3.05) is 4.43 Å². The average molecular weight is 270 g/mol. The van der Waals surface area contributed by atoms with Crippen LogP contribution in [0.3, 0.4) is 0 Å². The lowest BCUT2D eigenvalue weighted by Crippen LogP contribution is -2.20. The molecule has 2 heteroatoms. The molecule has 0 amide bonds. The zero-order valence-electron chi connectivity index (χ0n) is 7.58. The summed E-state index contributed by atoms with van der Waals surface area (Å²) in [4.78, 5) is 0. The molecule has 0 aromatic rings. The summed E-state index contributed by atoms with van der Waals surface area (Å²) < 4.78 is 1.32. The van der Waals surface area contributed by atoms with Gasteiger partial charge in [-0.1, -0.05) is 56.0 Å². The lowest BCUT2D eigenvalue weighted by Gasteiger charge is -2.27. The molecule has 0 aromatic carbocycles. The van der Waals surface area contributed by atoms with Crippen molar-refractivity contribution in [3.8, 4) is 0 Å². The van der Waals surface area contributed by atoms with E-state index in [1.165, 1.54) is 17.3 Å². The number of hydrogen-bond donors (Lipinski definition) is 0. The summed E-state index contributed by atoms with van der Waals surface area (Å²) in [7, 11) is -0.415. The Morgan fingerprint density at radius 3 is 2.10 bits per heavy atom. The molecule has 0 aliphatic heterocycles. The predicted molar refractivity (Wildman–Crippen MR) is 61.0 cm³/mol. The normalized spacial score (nSPS) is 12.6. The zero-order valence-corrected chi connectivity index (χ0v) is 10.9. The van der Waals surface area contributed by atoms with Gasteiger partial charge in [-0.15, -0.1) is 0 Å². The first-order valence-electron chi connectivity index (χ1n) is 4.06. The highest BCUT2D eigenvalue weighted by Gasteiger charge is 2.21. The zero-order chi connectivity index (χ0) is 8.20. The van der Waals surface area contributed by atoms with Crippen molar-refractivity contribution in [3.63, 3.8) is 0 Å². The molecule has 0 aliphatic carbocycles. The van der Waals surface area contributed by atoms with Gasteiger partial charge in [-0.2, -0.15) is 0 Å². The maximum absolute atomic E-state index is 2.47. The maximum Gasteiger partial charge on any atom is 0.0364 e. The topological polar surface area (TPSA) is 0 Å². The second-order valence-corrected chi connectivity index (χ2v) is 8.89. The summed E-state index contributed by atoms with van der Waals surface area (Å²) in [6, 6.07) is 0.